The van der Waals surface area contributed by atoms with Crippen LogP contribution in [-0.2, 0) is 6.54 Å². The number of hydrogen-bond acceptors (Lipinski definition) is 5. The van der Waals surface area contributed by atoms with Gasteiger partial charge in [-0.25, -0.2) is 0 Å². The van der Waals surface area contributed by atoms with Crippen LogP contribution in [0.5, 0.6) is 5.75 Å². The Balaban J connectivity index is 2.92. The van der Waals surface area contributed by atoms with E-state index >= 15 is 0 Å². The fraction of sp³-hybridized carbons (Fsp3) is 0.538. The maximum atomic E-state index is 10.8. The van der Waals surface area contributed by atoms with Gasteiger partial charge in [0, 0.05) is 29.8 Å². The average molecular weight is 268 g/mol. The molecule has 6 nitrogen and oxygen atoms in total. The Labute approximate surface area is 112 Å². The van der Waals surface area contributed by atoms with E-state index in [0.29, 0.717) is 17.9 Å². The number of aliphatic hydroxyl groups excluding tert-OH is 1. The third-order valence-electron chi connectivity index (χ3n) is 3.31. The predicted molar refractivity (Wildman–Crippen MR) is 72.3 cm³/mol. The molecule has 0 aliphatic rings. The van der Waals surface area contributed by atoms with Crippen LogP contribution in [-0.4, -0.2) is 29.3 Å². The van der Waals surface area contributed by atoms with Gasteiger partial charge in [-0.1, -0.05) is 6.92 Å². The zero-order valence-electron chi connectivity index (χ0n) is 11.5. The lowest BCUT2D eigenvalue weighted by molar-refractivity contribution is -0.384. The van der Waals surface area contributed by atoms with Crippen molar-refractivity contribution in [1.29, 1.82) is 0 Å². The largest absolute Gasteiger partial charge is 0.496 e. The Kier molecular flexibility index (Phi) is 5.26. The second-order valence-electron chi connectivity index (χ2n) is 4.68. The highest BCUT2D eigenvalue weighted by atomic mass is 16.6. The molecule has 0 saturated carbocycles. The molecule has 0 aromatic heterocycles. The van der Waals surface area contributed by atoms with Crippen LogP contribution in [0.15, 0.2) is 18.2 Å². The van der Waals surface area contributed by atoms with Crippen LogP contribution in [0.3, 0.4) is 0 Å². The summed E-state index contributed by atoms with van der Waals surface area (Å²) in [5.41, 5.74) is 0.319. The molecule has 0 radical (unpaired) electrons. The zero-order chi connectivity index (χ0) is 14.5. The first-order valence-corrected chi connectivity index (χ1v) is 6.13. The Hall–Kier alpha value is -1.66. The molecule has 0 bridgehead atoms. The summed E-state index contributed by atoms with van der Waals surface area (Å²) in [6.07, 6.45) is 0.751. The number of nitro benzene ring substituents is 1. The van der Waals surface area contributed by atoms with Gasteiger partial charge in [0.1, 0.15) is 5.75 Å². The lowest BCUT2D eigenvalue weighted by atomic mass is 9.99. The number of benzene rings is 1. The van der Waals surface area contributed by atoms with Gasteiger partial charge < -0.3 is 15.2 Å². The van der Waals surface area contributed by atoms with Crippen molar-refractivity contribution < 1.29 is 14.8 Å². The second kappa shape index (κ2) is 6.49. The molecule has 1 aromatic carbocycles. The standard InChI is InChI=1S/C13H20N2O4/c1-4-13(2,9-16)14-8-10-7-11(15(17)18)5-6-12(10)19-3/h5-7,14,16H,4,8-9H2,1-3H3. The highest BCUT2D eigenvalue weighted by Gasteiger charge is 2.21. The summed E-state index contributed by atoms with van der Waals surface area (Å²) in [7, 11) is 1.52. The van der Waals surface area contributed by atoms with Gasteiger partial charge in [-0.15, -0.1) is 0 Å². The number of nitrogens with zero attached hydrogens (tertiary/aromatic N) is 1. The highest BCUT2D eigenvalue weighted by Crippen LogP contribution is 2.24. The highest BCUT2D eigenvalue weighted by molar-refractivity contribution is 5.43. The summed E-state index contributed by atoms with van der Waals surface area (Å²) in [4.78, 5) is 10.3. The minimum atomic E-state index is -0.437. The monoisotopic (exact) mass is 268 g/mol. The summed E-state index contributed by atoms with van der Waals surface area (Å²) in [6, 6.07) is 4.48. The molecule has 0 spiro atoms. The summed E-state index contributed by atoms with van der Waals surface area (Å²) in [5, 5.41) is 23.3. The molecule has 1 aromatic rings. The summed E-state index contributed by atoms with van der Waals surface area (Å²) < 4.78 is 5.19. The molecule has 2 N–H and O–H groups in total. The molecule has 6 heteroatoms. The molecule has 0 fully saturated rings. The van der Waals surface area contributed by atoms with E-state index in [-0.39, 0.29) is 12.3 Å². The Morgan fingerprint density at radius 3 is 2.68 bits per heavy atom. The number of non-ortho nitro benzene ring substituents is 1. The minimum Gasteiger partial charge on any atom is -0.496 e. The van der Waals surface area contributed by atoms with Crippen molar-refractivity contribution in [3.05, 3.63) is 33.9 Å². The van der Waals surface area contributed by atoms with Gasteiger partial charge in [0.25, 0.3) is 5.69 Å². The molecular weight excluding hydrogens is 248 g/mol. The third-order valence-corrected chi connectivity index (χ3v) is 3.31. The smallest absolute Gasteiger partial charge is 0.270 e. The number of ether oxygens (including phenoxy) is 1. The number of nitro groups is 1. The third kappa shape index (κ3) is 3.90. The molecule has 0 amide bonds. The van der Waals surface area contributed by atoms with Gasteiger partial charge in [-0.2, -0.15) is 0 Å². The van der Waals surface area contributed by atoms with Crippen LogP contribution >= 0.6 is 0 Å². The first kappa shape index (κ1) is 15.4. The number of methoxy groups -OCH3 is 1. The molecule has 1 unspecified atom stereocenters. The van der Waals surface area contributed by atoms with E-state index in [0.717, 1.165) is 6.42 Å². The van der Waals surface area contributed by atoms with E-state index in [4.69, 9.17) is 4.74 Å². The number of nitrogens with one attached hydrogen (secondary N) is 1. The van der Waals surface area contributed by atoms with Crippen molar-refractivity contribution in [2.24, 2.45) is 0 Å². The van der Waals surface area contributed by atoms with Crippen molar-refractivity contribution in [3.8, 4) is 5.75 Å². The van der Waals surface area contributed by atoms with Gasteiger partial charge in [0.2, 0.25) is 0 Å². The molecule has 106 valence electrons. The van der Waals surface area contributed by atoms with Gasteiger partial charge >= 0.3 is 0 Å². The normalized spacial score (nSPS) is 13.9. The molecule has 0 heterocycles. The van der Waals surface area contributed by atoms with Gasteiger partial charge in [0.15, 0.2) is 0 Å². The van der Waals surface area contributed by atoms with E-state index in [1.165, 1.54) is 19.2 Å². The summed E-state index contributed by atoms with van der Waals surface area (Å²) >= 11 is 0. The summed E-state index contributed by atoms with van der Waals surface area (Å²) in [5.74, 6) is 0.592. The summed E-state index contributed by atoms with van der Waals surface area (Å²) in [6.45, 7) is 4.27. The predicted octanol–water partition coefficient (Wildman–Crippen LogP) is 1.85. The average Bonchev–Trinajstić information content (AvgIpc) is 2.44. The van der Waals surface area contributed by atoms with E-state index in [2.05, 4.69) is 5.32 Å². The maximum Gasteiger partial charge on any atom is 0.270 e. The van der Waals surface area contributed by atoms with Crippen molar-refractivity contribution in [3.63, 3.8) is 0 Å². The van der Waals surface area contributed by atoms with Crippen LogP contribution in [0, 0.1) is 10.1 Å². The number of hydrogen-bond donors (Lipinski definition) is 2. The van der Waals surface area contributed by atoms with Crippen LogP contribution in [0.4, 0.5) is 5.69 Å². The van der Waals surface area contributed by atoms with Crippen LogP contribution < -0.4 is 10.1 Å². The van der Waals surface area contributed by atoms with Crippen LogP contribution in [0.2, 0.25) is 0 Å². The van der Waals surface area contributed by atoms with Gasteiger partial charge in [0.05, 0.1) is 18.6 Å². The molecular formula is C13H20N2O4. The van der Waals surface area contributed by atoms with Crippen molar-refractivity contribution in [2.75, 3.05) is 13.7 Å². The molecule has 0 aliphatic carbocycles. The minimum absolute atomic E-state index is 0.000736. The van der Waals surface area contributed by atoms with Crippen LogP contribution in [0.1, 0.15) is 25.8 Å². The van der Waals surface area contributed by atoms with Gasteiger partial charge in [-0.3, -0.25) is 10.1 Å². The van der Waals surface area contributed by atoms with Crippen molar-refractivity contribution in [2.45, 2.75) is 32.4 Å². The van der Waals surface area contributed by atoms with E-state index in [1.54, 1.807) is 6.07 Å². The lowest BCUT2D eigenvalue weighted by Crippen LogP contribution is -2.44. The quantitative estimate of drug-likeness (QED) is 0.582. The fourth-order valence-electron chi connectivity index (χ4n) is 1.62. The fourth-order valence-corrected chi connectivity index (χ4v) is 1.62. The second-order valence-corrected chi connectivity index (χ2v) is 4.68. The van der Waals surface area contributed by atoms with Crippen molar-refractivity contribution in [1.82, 2.24) is 5.32 Å². The maximum absolute atomic E-state index is 10.8. The van der Waals surface area contributed by atoms with E-state index < -0.39 is 10.5 Å². The SMILES string of the molecule is CCC(C)(CO)NCc1cc([N+](=O)[O-])ccc1OC. The van der Waals surface area contributed by atoms with Gasteiger partial charge in [-0.05, 0) is 19.4 Å². The van der Waals surface area contributed by atoms with E-state index in [1.807, 2.05) is 13.8 Å². The Morgan fingerprint density at radius 1 is 1.53 bits per heavy atom. The topological polar surface area (TPSA) is 84.6 Å². The molecule has 0 saturated heterocycles. The zero-order valence-corrected chi connectivity index (χ0v) is 11.5. The first-order chi connectivity index (χ1) is 8.95. The first-order valence-electron chi connectivity index (χ1n) is 6.13. The number of rotatable bonds is 7. The number of aliphatic hydroxyl groups is 1. The Morgan fingerprint density at radius 2 is 2.21 bits per heavy atom. The molecule has 1 atom stereocenters. The molecule has 1 rings (SSSR count). The molecule has 19 heavy (non-hydrogen) atoms. The van der Waals surface area contributed by atoms with E-state index in [9.17, 15) is 15.2 Å². The molecule has 0 aliphatic heterocycles. The van der Waals surface area contributed by atoms with Crippen LogP contribution in [0.25, 0.3) is 0 Å². The lowest BCUT2D eigenvalue weighted by Gasteiger charge is -2.27. The Bertz CT molecular complexity index is 444. The van der Waals surface area contributed by atoms with Crippen molar-refractivity contribution >= 4 is 5.69 Å².